The van der Waals surface area contributed by atoms with E-state index in [4.69, 9.17) is 82.3 Å². The molecule has 0 radical (unpaired) electrons. The number of hydrogen-bond acceptors (Lipinski definition) is 21. The van der Waals surface area contributed by atoms with Crippen molar-refractivity contribution in [1.29, 1.82) is 0 Å². The van der Waals surface area contributed by atoms with Gasteiger partial charge in [0.15, 0.2) is 11.6 Å². The number of amides is 9. The number of anilines is 2. The highest BCUT2D eigenvalue weighted by Gasteiger charge is 2.38. The van der Waals surface area contributed by atoms with Crippen molar-refractivity contribution in [3.05, 3.63) is 229 Å². The first kappa shape index (κ1) is 108. The van der Waals surface area contributed by atoms with Gasteiger partial charge in [-0.2, -0.15) is 40.5 Å². The number of benzene rings is 6. The van der Waals surface area contributed by atoms with Crippen LogP contribution < -0.4 is 26.6 Å². The molecular weight excluding hydrogens is 1720 g/mol. The van der Waals surface area contributed by atoms with Crippen LogP contribution in [0.25, 0.3) is 44.2 Å². The second-order valence-corrected chi connectivity index (χ2v) is 27.9. The SMILES string of the molecule is C.C.C.CN(C(=O)NCc1cccc(F)c1Cl)[C@H](CO)C[C@@H]1COC(C)(C)O1.CN(C(=O)NCc1cccc(F)c1Cl)[C@H](COC(=O)Nc1cc(-c2ccccc2)no1)C[C@@H](O)CO.CN(C(=O)NCc1cccc(F)c1Cl)[C@H](COC(=O)Nc1cc(-c2ccccc2)no1)C[C@@H]1COC(C)(C)O1.S.S.S.[N-]=[N+]=NC(=O)c1cc(-c2ccccc2)no1. The summed E-state index contributed by atoms with van der Waals surface area (Å²) in [6, 6.07) is 42.1. The Morgan fingerprint density at radius 3 is 1.22 bits per heavy atom. The molecule has 6 aromatic carbocycles. The van der Waals surface area contributed by atoms with Crippen molar-refractivity contribution in [2.75, 3.05) is 71.4 Å². The lowest BCUT2D eigenvalue weighted by Crippen LogP contribution is -2.47. The number of rotatable bonds is 27. The van der Waals surface area contributed by atoms with Crippen LogP contribution in [-0.4, -0.2) is 190 Å². The number of nitrogens with zero attached hydrogens (tertiary/aromatic N) is 9. The van der Waals surface area contributed by atoms with E-state index in [2.05, 4.69) is 52.1 Å². The highest BCUT2D eigenvalue weighted by molar-refractivity contribution is 7.59. The van der Waals surface area contributed by atoms with Crippen molar-refractivity contribution >= 4 is 123 Å². The number of halogens is 6. The summed E-state index contributed by atoms with van der Waals surface area (Å²) in [7, 11) is 4.59. The second kappa shape index (κ2) is 52.9. The molecule has 9 amide bonds. The van der Waals surface area contributed by atoms with Gasteiger partial charge in [0.05, 0.1) is 77.9 Å². The summed E-state index contributed by atoms with van der Waals surface area (Å²) in [6.07, 6.45) is -2.61. The molecule has 41 heteroatoms. The van der Waals surface area contributed by atoms with Crippen LogP contribution >= 0.6 is 75.3 Å². The Kier molecular flexibility index (Phi) is 46.7. The van der Waals surface area contributed by atoms with Gasteiger partial charge in [-0.15, -0.1) is 0 Å². The second-order valence-electron chi connectivity index (χ2n) is 26.8. The van der Waals surface area contributed by atoms with Crippen LogP contribution in [0.15, 0.2) is 182 Å². The zero-order valence-electron chi connectivity index (χ0n) is 65.3. The van der Waals surface area contributed by atoms with Gasteiger partial charge in [0, 0.05) is 80.6 Å². The summed E-state index contributed by atoms with van der Waals surface area (Å²) >= 11 is 17.8. The van der Waals surface area contributed by atoms with Gasteiger partial charge in [0.1, 0.15) is 47.7 Å². The van der Waals surface area contributed by atoms with E-state index in [1.807, 2.05) is 105 Å². The van der Waals surface area contributed by atoms with Gasteiger partial charge in [-0.25, -0.2) is 37.1 Å². The van der Waals surface area contributed by atoms with Crippen molar-refractivity contribution in [3.8, 4) is 33.8 Å². The zero-order chi connectivity index (χ0) is 84.1. The highest BCUT2D eigenvalue weighted by atomic mass is 35.5. The number of carbonyl (C=O) groups is 6. The van der Waals surface area contributed by atoms with Crippen LogP contribution in [0.1, 0.15) is 96.5 Å². The average molecular weight is 1820 g/mol. The van der Waals surface area contributed by atoms with Gasteiger partial charge >= 0.3 is 30.3 Å². The quantitative estimate of drug-likeness (QED) is 0.0135. The van der Waals surface area contributed by atoms with Crippen LogP contribution in [0.3, 0.4) is 0 Å². The third-order valence-electron chi connectivity index (χ3n) is 17.5. The van der Waals surface area contributed by atoms with E-state index in [0.29, 0.717) is 59.8 Å². The molecule has 32 nitrogen and oxygen atoms in total. The van der Waals surface area contributed by atoms with Crippen molar-refractivity contribution in [1.82, 2.24) is 46.1 Å². The van der Waals surface area contributed by atoms with E-state index < -0.39 is 96.0 Å². The molecule has 0 bridgehead atoms. The molecule has 11 rings (SSSR count). The predicted octanol–water partition coefficient (Wildman–Crippen LogP) is 16.6. The Labute approximate surface area is 740 Å². The monoisotopic (exact) mass is 1820 g/mol. The first-order chi connectivity index (χ1) is 55.4. The summed E-state index contributed by atoms with van der Waals surface area (Å²) in [4.78, 5) is 80.3. The number of hydrogen-bond donors (Lipinski definition) is 8. The lowest BCUT2D eigenvalue weighted by atomic mass is 10.1. The van der Waals surface area contributed by atoms with E-state index in [1.54, 1.807) is 52.2 Å². The zero-order valence-corrected chi connectivity index (χ0v) is 70.6. The van der Waals surface area contributed by atoms with Gasteiger partial charge in [-0.1, -0.05) is 200 Å². The number of carbonyl (C=O) groups excluding carboxylic acids is 6. The summed E-state index contributed by atoms with van der Waals surface area (Å²) in [5, 5.41) is 55.9. The van der Waals surface area contributed by atoms with Crippen LogP contribution in [0.2, 0.25) is 15.1 Å². The Hall–Kier alpha value is -10.3. The molecule has 0 saturated carbocycles. The number of azide groups is 1. The maximum Gasteiger partial charge on any atom is 0.414 e. The van der Waals surface area contributed by atoms with E-state index in [1.165, 1.54) is 70.3 Å². The molecule has 0 aliphatic carbocycles. The van der Waals surface area contributed by atoms with Crippen LogP contribution in [0.5, 0.6) is 0 Å². The minimum absolute atomic E-state index is 0. The van der Waals surface area contributed by atoms with Crippen LogP contribution in [0, 0.1) is 17.5 Å². The molecule has 0 unspecified atom stereocenters. The van der Waals surface area contributed by atoms with Crippen molar-refractivity contribution in [3.63, 3.8) is 0 Å². The lowest BCUT2D eigenvalue weighted by Gasteiger charge is -2.30. The lowest BCUT2D eigenvalue weighted by molar-refractivity contribution is -0.141. The number of aliphatic hydroxyl groups excluding tert-OH is 3. The molecule has 2 saturated heterocycles. The Balaban J connectivity index is 0.000000564. The van der Waals surface area contributed by atoms with E-state index in [0.717, 1.165) is 16.7 Å². The van der Waals surface area contributed by atoms with Gasteiger partial charge in [-0.3, -0.25) is 15.4 Å². The molecule has 2 aliphatic heterocycles. The molecule has 8 N–H and O–H groups in total. The maximum atomic E-state index is 13.8. The third-order valence-corrected chi connectivity index (χ3v) is 18.8. The molecule has 2 aliphatic rings. The summed E-state index contributed by atoms with van der Waals surface area (Å²) < 4.78 is 89.3. The molecule has 666 valence electrons. The maximum absolute atomic E-state index is 13.8. The fourth-order valence-corrected chi connectivity index (χ4v) is 11.8. The summed E-state index contributed by atoms with van der Waals surface area (Å²) in [5.41, 5.74) is 13.4. The van der Waals surface area contributed by atoms with E-state index in [-0.39, 0.29) is 153 Å². The summed E-state index contributed by atoms with van der Waals surface area (Å²) in [6.45, 7) is 6.84. The van der Waals surface area contributed by atoms with Crippen LogP contribution in [0.4, 0.5) is 48.9 Å². The number of nitrogens with one attached hydrogen (secondary N) is 5. The molecular formula is C81H104Cl3F3N14O18S3. The predicted molar refractivity (Wildman–Crippen MR) is 470 cm³/mol. The average Bonchev–Trinajstić information content (AvgIpc) is 1.79. The highest BCUT2D eigenvalue weighted by Crippen LogP contribution is 2.31. The molecule has 6 atom stereocenters. The Morgan fingerprint density at radius 2 is 0.869 bits per heavy atom. The van der Waals surface area contributed by atoms with Crippen molar-refractivity contribution < 1.29 is 99.2 Å². The van der Waals surface area contributed by atoms with Crippen molar-refractivity contribution in [2.45, 2.75) is 137 Å². The standard InChI is InChI=1S/C27H30ClFN4O6.C24H26ClFN4O6.C17H24ClFN2O4.C10H6N4O2.3CH4.3H2S/c1-27(2)37-16-20(38-27)12-19(33(3)25(34)30-14-18-10-7-11-21(29)24(18)28)15-36-26(35)31-23-13-22(32-39-23)17-8-5-4-6-9-17;1-30(23(33)27-12-16-8-5-9-19(26)22(16)25)17(10-18(32)13-31)14-35-24(34)28-21-11-20(29-36-21)15-6-3-2-4-7-15;1-17(2)24-10-13(25-17)7-12(9-22)21(3)16(23)20-8-11-5-4-6-14(19)15(11)18;11-14-12-10(15)9-6-8(13-16-9)7-4-2-1-3-5-7;;;;;;/h4-11,13,19-20H,12,14-16H2,1-3H3,(H,30,34)(H,31,35);2-9,11,17-18,31-32H,10,12-14H2,1H3,(H,27,33)(H,28,34);4-6,12-13,22H,7-10H2,1-3H3,(H,20,23);1-6H;3*1H4;3*1H2/t19-,20+;17-,18+;12-,13+;;;;;;;/m000......./s1. The van der Waals surface area contributed by atoms with Gasteiger partial charge < -0.3 is 88.0 Å². The topological polar surface area (TPSA) is 415 Å². The Morgan fingerprint density at radius 1 is 0.525 bits per heavy atom. The number of urea groups is 3. The van der Waals surface area contributed by atoms with E-state index >= 15 is 0 Å². The minimum Gasteiger partial charge on any atom is -0.447 e. The smallest absolute Gasteiger partial charge is 0.414 e. The number of likely N-dealkylation sites (N-methyl/N-ethyl adjacent to an activating group) is 3. The first-order valence-corrected chi connectivity index (χ1v) is 36.9. The molecule has 0 spiro atoms. The fraction of sp³-hybridized carbons (Fsp3) is 0.370. The summed E-state index contributed by atoms with van der Waals surface area (Å²) in [5.74, 6) is -3.80. The normalized spacial score (nSPS) is 14.5. The van der Waals surface area contributed by atoms with Gasteiger partial charge in [-0.05, 0) is 92.5 Å². The molecule has 2 fully saturated rings. The van der Waals surface area contributed by atoms with Gasteiger partial charge in [0.25, 0.3) is 5.91 Å². The van der Waals surface area contributed by atoms with Crippen molar-refractivity contribution in [2.24, 2.45) is 5.11 Å². The first-order valence-electron chi connectivity index (χ1n) is 35.8. The Bertz CT molecular complexity index is 4780. The fourth-order valence-electron chi connectivity index (χ4n) is 11.2. The number of ether oxygens (including phenoxy) is 6. The molecule has 3 aromatic heterocycles. The van der Waals surface area contributed by atoms with Gasteiger partial charge in [0.2, 0.25) is 17.5 Å². The van der Waals surface area contributed by atoms with Crippen LogP contribution in [-0.2, 0) is 48.1 Å². The third kappa shape index (κ3) is 33.5. The minimum atomic E-state index is -1.16. The number of aliphatic hydroxyl groups is 3. The molecule has 122 heavy (non-hydrogen) atoms. The molecule has 9 aromatic rings. The largest absolute Gasteiger partial charge is 0.447 e. The molecule has 5 heterocycles. The number of aromatic nitrogens is 3. The van der Waals surface area contributed by atoms with E-state index in [9.17, 15) is 57.3 Å².